The first-order chi connectivity index (χ1) is 26.8. The molecule has 0 unspecified atom stereocenters. The zero-order valence-corrected chi connectivity index (χ0v) is 31.3. The molecule has 6 aromatic carbocycles. The van der Waals surface area contributed by atoms with Gasteiger partial charge < -0.3 is 4.57 Å². The maximum absolute atomic E-state index is 5.11. The topological polar surface area (TPSA) is 30.7 Å². The number of para-hydroxylation sites is 2. The third-order valence-corrected chi connectivity index (χ3v) is 13.8. The van der Waals surface area contributed by atoms with Gasteiger partial charge in [0.2, 0.25) is 0 Å². The molecule has 0 aliphatic carbocycles. The second kappa shape index (κ2) is 12.7. The Morgan fingerprint density at radius 3 is 1.59 bits per heavy atom. The standard InChI is InChI=1S/C48H29N3S3/c1-4-13-30(14-5-1)40-27-41(31-15-6-2-7-16-31)50-48(49-40)34-18-12-17-32(25-34)38-28-52-46-44(38)54-45-39(29-53-47(45)46)33-23-24-43-37(26-33)36-21-10-11-22-42(36)51(43)35-19-8-3-9-20-35/h1-29H. The number of thiophene rings is 3. The summed E-state index contributed by atoms with van der Waals surface area (Å²) in [5, 5.41) is 7.21. The van der Waals surface area contributed by atoms with Gasteiger partial charge in [-0.3, -0.25) is 0 Å². The molecule has 0 aliphatic heterocycles. The van der Waals surface area contributed by atoms with Crippen LogP contribution in [0.5, 0.6) is 0 Å². The Labute approximate surface area is 323 Å². The summed E-state index contributed by atoms with van der Waals surface area (Å²) in [6.07, 6.45) is 0. The zero-order valence-electron chi connectivity index (χ0n) is 28.8. The summed E-state index contributed by atoms with van der Waals surface area (Å²) in [6, 6.07) is 58.0. The minimum absolute atomic E-state index is 0.724. The summed E-state index contributed by atoms with van der Waals surface area (Å²) in [7, 11) is 0. The summed E-state index contributed by atoms with van der Waals surface area (Å²) in [6.45, 7) is 0. The van der Waals surface area contributed by atoms with Crippen LogP contribution in [0.2, 0.25) is 0 Å². The van der Waals surface area contributed by atoms with Crippen molar-refractivity contribution in [1.29, 1.82) is 0 Å². The third-order valence-electron chi connectivity index (χ3n) is 10.2. The highest BCUT2D eigenvalue weighted by atomic mass is 32.1. The molecule has 5 aromatic heterocycles. The molecule has 11 aromatic rings. The average Bonchev–Trinajstić information content (AvgIpc) is 4.01. The fourth-order valence-electron chi connectivity index (χ4n) is 7.62. The number of hydrogen-bond acceptors (Lipinski definition) is 5. The minimum Gasteiger partial charge on any atom is -0.309 e. The van der Waals surface area contributed by atoms with Gasteiger partial charge in [0.05, 0.1) is 41.2 Å². The summed E-state index contributed by atoms with van der Waals surface area (Å²) >= 11 is 5.62. The van der Waals surface area contributed by atoms with E-state index in [2.05, 4.69) is 167 Å². The van der Waals surface area contributed by atoms with E-state index in [-0.39, 0.29) is 0 Å². The van der Waals surface area contributed by atoms with Crippen LogP contribution in [0.1, 0.15) is 0 Å². The van der Waals surface area contributed by atoms with E-state index >= 15 is 0 Å². The van der Waals surface area contributed by atoms with Crippen LogP contribution < -0.4 is 0 Å². The predicted molar refractivity (Wildman–Crippen MR) is 232 cm³/mol. The molecule has 0 N–H and O–H groups in total. The first kappa shape index (κ1) is 31.4. The van der Waals surface area contributed by atoms with Crippen molar-refractivity contribution in [2.24, 2.45) is 0 Å². The average molecular weight is 744 g/mol. The fourth-order valence-corrected chi connectivity index (χ4v) is 11.7. The van der Waals surface area contributed by atoms with Crippen molar-refractivity contribution in [3.05, 3.63) is 175 Å². The lowest BCUT2D eigenvalue weighted by molar-refractivity contribution is 1.18. The Morgan fingerprint density at radius 2 is 0.926 bits per heavy atom. The molecule has 0 radical (unpaired) electrons. The highest BCUT2D eigenvalue weighted by molar-refractivity contribution is 7.38. The van der Waals surface area contributed by atoms with E-state index in [1.165, 1.54) is 68.5 Å². The molecule has 254 valence electrons. The van der Waals surface area contributed by atoms with Crippen molar-refractivity contribution in [3.8, 4) is 61.8 Å². The van der Waals surface area contributed by atoms with Crippen LogP contribution in [0.4, 0.5) is 0 Å². The van der Waals surface area contributed by atoms with Crippen LogP contribution in [-0.2, 0) is 0 Å². The van der Waals surface area contributed by atoms with E-state index in [4.69, 9.17) is 9.97 Å². The molecular formula is C48H29N3S3. The molecule has 5 heterocycles. The van der Waals surface area contributed by atoms with E-state index in [9.17, 15) is 0 Å². The second-order valence-corrected chi connectivity index (χ2v) is 16.2. The minimum atomic E-state index is 0.724. The molecule has 3 nitrogen and oxygen atoms in total. The van der Waals surface area contributed by atoms with Crippen molar-refractivity contribution in [1.82, 2.24) is 14.5 Å². The molecule has 0 saturated carbocycles. The van der Waals surface area contributed by atoms with Gasteiger partial charge in [-0.2, -0.15) is 0 Å². The van der Waals surface area contributed by atoms with Gasteiger partial charge in [-0.15, -0.1) is 34.0 Å². The van der Waals surface area contributed by atoms with Gasteiger partial charge in [-0.1, -0.05) is 121 Å². The summed E-state index contributed by atoms with van der Waals surface area (Å²) in [4.78, 5) is 10.2. The van der Waals surface area contributed by atoms with Crippen LogP contribution in [0.15, 0.2) is 175 Å². The molecule has 54 heavy (non-hydrogen) atoms. The third kappa shape index (κ3) is 5.14. The van der Waals surface area contributed by atoms with Gasteiger partial charge in [0, 0.05) is 55.0 Å². The maximum atomic E-state index is 5.11. The molecule has 6 heteroatoms. The van der Waals surface area contributed by atoms with Crippen molar-refractivity contribution < 1.29 is 0 Å². The Morgan fingerprint density at radius 1 is 0.389 bits per heavy atom. The van der Waals surface area contributed by atoms with Crippen LogP contribution in [-0.4, -0.2) is 14.5 Å². The lowest BCUT2D eigenvalue weighted by Gasteiger charge is -2.10. The van der Waals surface area contributed by atoms with Gasteiger partial charge in [0.1, 0.15) is 0 Å². The lowest BCUT2D eigenvalue weighted by Crippen LogP contribution is -1.96. The van der Waals surface area contributed by atoms with Crippen molar-refractivity contribution >= 4 is 74.6 Å². The van der Waals surface area contributed by atoms with Gasteiger partial charge >= 0.3 is 0 Å². The Kier molecular flexibility index (Phi) is 7.40. The first-order valence-electron chi connectivity index (χ1n) is 17.9. The number of hydrogen-bond donors (Lipinski definition) is 0. The van der Waals surface area contributed by atoms with E-state index < -0.39 is 0 Å². The quantitative estimate of drug-likeness (QED) is 0.170. The van der Waals surface area contributed by atoms with E-state index in [0.717, 1.165) is 33.9 Å². The first-order valence-corrected chi connectivity index (χ1v) is 20.5. The van der Waals surface area contributed by atoms with E-state index in [0.29, 0.717) is 0 Å². The highest BCUT2D eigenvalue weighted by Crippen LogP contribution is 2.50. The van der Waals surface area contributed by atoms with Gasteiger partial charge in [-0.25, -0.2) is 9.97 Å². The second-order valence-electron chi connectivity index (χ2n) is 13.4. The fraction of sp³-hybridized carbons (Fsp3) is 0. The van der Waals surface area contributed by atoms with Crippen LogP contribution >= 0.6 is 34.0 Å². The molecular weight excluding hydrogens is 715 g/mol. The van der Waals surface area contributed by atoms with Crippen LogP contribution in [0, 0.1) is 0 Å². The Balaban J connectivity index is 1.01. The molecule has 0 saturated heterocycles. The number of fused-ring (bicyclic) bond motifs is 6. The zero-order chi connectivity index (χ0) is 35.6. The SMILES string of the molecule is c1ccc(-c2cc(-c3ccccc3)nc(-c3cccc(-c4csc5c4sc4c(-c6ccc7c(c6)c6ccccc6n7-c6ccccc6)csc45)c3)n2)cc1. The van der Waals surface area contributed by atoms with E-state index in [1.54, 1.807) is 0 Å². The largest absolute Gasteiger partial charge is 0.309 e. The number of rotatable bonds is 6. The van der Waals surface area contributed by atoms with Gasteiger partial charge in [0.15, 0.2) is 5.82 Å². The Bertz CT molecular complexity index is 3090. The van der Waals surface area contributed by atoms with Crippen molar-refractivity contribution in [2.75, 3.05) is 0 Å². The molecule has 11 rings (SSSR count). The van der Waals surface area contributed by atoms with Crippen LogP contribution in [0.3, 0.4) is 0 Å². The predicted octanol–water partition coefficient (Wildman–Crippen LogP) is 14.4. The maximum Gasteiger partial charge on any atom is 0.160 e. The van der Waals surface area contributed by atoms with Crippen molar-refractivity contribution in [3.63, 3.8) is 0 Å². The summed E-state index contributed by atoms with van der Waals surface area (Å²) in [5.74, 6) is 0.724. The molecule has 0 bridgehead atoms. The van der Waals surface area contributed by atoms with Crippen molar-refractivity contribution in [2.45, 2.75) is 0 Å². The van der Waals surface area contributed by atoms with Crippen LogP contribution in [0.25, 0.3) is 102 Å². The highest BCUT2D eigenvalue weighted by Gasteiger charge is 2.20. The van der Waals surface area contributed by atoms with Gasteiger partial charge in [-0.05, 0) is 53.6 Å². The monoisotopic (exact) mass is 743 g/mol. The van der Waals surface area contributed by atoms with E-state index in [1.807, 2.05) is 46.1 Å². The number of aromatic nitrogens is 3. The molecule has 0 aliphatic rings. The Hall–Kier alpha value is -6.18. The molecule has 0 amide bonds. The number of nitrogens with zero attached hydrogens (tertiary/aromatic N) is 3. The smallest absolute Gasteiger partial charge is 0.160 e. The van der Waals surface area contributed by atoms with Gasteiger partial charge in [0.25, 0.3) is 0 Å². The molecule has 0 fully saturated rings. The molecule has 0 spiro atoms. The number of benzene rings is 6. The summed E-state index contributed by atoms with van der Waals surface area (Å²) < 4.78 is 7.81. The normalized spacial score (nSPS) is 11.7. The summed E-state index contributed by atoms with van der Waals surface area (Å²) in [5.41, 5.74) is 13.6. The molecule has 0 atom stereocenters. The lowest BCUT2D eigenvalue weighted by atomic mass is 10.0.